The maximum atomic E-state index is 12.2. The monoisotopic (exact) mass is 305 g/mol. The Balaban J connectivity index is 1.69. The van der Waals surface area contributed by atoms with Crippen LogP contribution in [0.25, 0.3) is 0 Å². The van der Waals surface area contributed by atoms with Crippen LogP contribution in [0.3, 0.4) is 0 Å². The number of likely N-dealkylation sites (tertiary alicyclic amines) is 2. The molecule has 2 fully saturated rings. The third-order valence-corrected chi connectivity index (χ3v) is 4.71. The summed E-state index contributed by atoms with van der Waals surface area (Å²) in [6, 6.07) is 1.99. The van der Waals surface area contributed by atoms with Gasteiger partial charge in [0.1, 0.15) is 5.69 Å². The molecule has 1 aromatic rings. The number of nitrogens with one attached hydrogen (secondary N) is 1. The van der Waals surface area contributed by atoms with Crippen LogP contribution in [0.1, 0.15) is 35.8 Å². The number of carbonyl (C=O) groups excluding carboxylic acids is 2. The maximum Gasteiger partial charge on any atom is 0.271 e. The van der Waals surface area contributed by atoms with Gasteiger partial charge in [0, 0.05) is 33.4 Å². The normalized spacial score (nSPS) is 26.5. The molecule has 0 bridgehead atoms. The Bertz CT molecular complexity index is 570. The van der Waals surface area contributed by atoms with E-state index in [1.165, 1.54) is 0 Å². The molecule has 2 saturated heterocycles. The van der Waals surface area contributed by atoms with Crippen LogP contribution in [-0.2, 0) is 4.79 Å². The molecule has 120 valence electrons. The molecule has 0 spiro atoms. The first-order valence-corrected chi connectivity index (χ1v) is 7.86. The van der Waals surface area contributed by atoms with E-state index < -0.39 is 0 Å². The minimum Gasteiger partial charge on any atom is -0.354 e. The van der Waals surface area contributed by atoms with Gasteiger partial charge in [0.05, 0.1) is 12.1 Å². The standard InChI is InChI=1S/C15H23N5O2/c1-16-14(21)12-5-9-20(17-12)11-4-3-7-19(10-11)13-6-8-18(2)15(13)22/h5,9,11,13H,3-4,6-8,10H2,1-2H3,(H,16,21)/t11-,13-/m0/s1. The van der Waals surface area contributed by atoms with Crippen LogP contribution < -0.4 is 5.32 Å². The highest BCUT2D eigenvalue weighted by Gasteiger charge is 2.36. The van der Waals surface area contributed by atoms with Crippen LogP contribution in [-0.4, -0.2) is 71.2 Å². The molecule has 0 radical (unpaired) electrons. The van der Waals surface area contributed by atoms with Crippen molar-refractivity contribution in [2.24, 2.45) is 0 Å². The maximum absolute atomic E-state index is 12.2. The summed E-state index contributed by atoms with van der Waals surface area (Å²) in [6.07, 6.45) is 4.85. The average Bonchev–Trinajstić information content (AvgIpc) is 3.15. The SMILES string of the molecule is CNC(=O)c1ccn([C@H]2CCCN([C@H]3CCN(C)C3=O)C2)n1. The number of nitrogens with zero attached hydrogens (tertiary/aromatic N) is 4. The van der Waals surface area contributed by atoms with E-state index in [-0.39, 0.29) is 23.9 Å². The first kappa shape index (κ1) is 15.0. The highest BCUT2D eigenvalue weighted by Crippen LogP contribution is 2.26. The Morgan fingerprint density at radius 2 is 2.18 bits per heavy atom. The van der Waals surface area contributed by atoms with Crippen molar-refractivity contribution in [1.29, 1.82) is 0 Å². The average molecular weight is 305 g/mol. The minimum atomic E-state index is -0.168. The fourth-order valence-electron chi connectivity index (χ4n) is 3.42. The molecule has 3 rings (SSSR count). The molecular weight excluding hydrogens is 282 g/mol. The van der Waals surface area contributed by atoms with Crippen LogP contribution in [0.2, 0.25) is 0 Å². The van der Waals surface area contributed by atoms with E-state index in [1.54, 1.807) is 13.1 Å². The van der Waals surface area contributed by atoms with Crippen molar-refractivity contribution in [3.63, 3.8) is 0 Å². The van der Waals surface area contributed by atoms with Gasteiger partial charge in [-0.3, -0.25) is 19.2 Å². The third kappa shape index (κ3) is 2.72. The van der Waals surface area contributed by atoms with Gasteiger partial charge >= 0.3 is 0 Å². The van der Waals surface area contributed by atoms with Gasteiger partial charge in [-0.25, -0.2) is 0 Å². The fourth-order valence-corrected chi connectivity index (χ4v) is 3.42. The molecule has 22 heavy (non-hydrogen) atoms. The summed E-state index contributed by atoms with van der Waals surface area (Å²) in [7, 11) is 3.47. The van der Waals surface area contributed by atoms with Crippen molar-refractivity contribution in [3.05, 3.63) is 18.0 Å². The second-order valence-corrected chi connectivity index (χ2v) is 6.12. The molecule has 0 saturated carbocycles. The molecule has 7 nitrogen and oxygen atoms in total. The summed E-state index contributed by atoms with van der Waals surface area (Å²) >= 11 is 0. The number of aromatic nitrogens is 2. The van der Waals surface area contributed by atoms with Crippen LogP contribution in [0.5, 0.6) is 0 Å². The lowest BCUT2D eigenvalue weighted by atomic mass is 10.0. The van der Waals surface area contributed by atoms with Crippen LogP contribution >= 0.6 is 0 Å². The molecule has 2 amide bonds. The minimum absolute atomic E-state index is 0.0155. The molecular formula is C15H23N5O2. The third-order valence-electron chi connectivity index (χ3n) is 4.71. The van der Waals surface area contributed by atoms with E-state index in [4.69, 9.17) is 0 Å². The van der Waals surface area contributed by atoms with Gasteiger partial charge in [0.15, 0.2) is 0 Å². The van der Waals surface area contributed by atoms with Crippen molar-refractivity contribution in [2.45, 2.75) is 31.3 Å². The first-order valence-electron chi connectivity index (χ1n) is 7.86. The molecule has 1 aromatic heterocycles. The number of likely N-dealkylation sites (N-methyl/N-ethyl adjacent to an activating group) is 1. The Morgan fingerprint density at radius 3 is 2.86 bits per heavy atom. The molecule has 2 atom stereocenters. The predicted molar refractivity (Wildman–Crippen MR) is 81.5 cm³/mol. The first-order chi connectivity index (χ1) is 10.6. The molecule has 2 aliphatic heterocycles. The van der Waals surface area contributed by atoms with E-state index in [1.807, 2.05) is 22.8 Å². The van der Waals surface area contributed by atoms with E-state index in [0.717, 1.165) is 38.9 Å². The number of piperidine rings is 1. The number of hydrogen-bond donors (Lipinski definition) is 1. The van der Waals surface area contributed by atoms with Crippen molar-refractivity contribution in [2.75, 3.05) is 33.7 Å². The predicted octanol–water partition coefficient (Wildman–Crippen LogP) is 0.110. The smallest absolute Gasteiger partial charge is 0.271 e. The zero-order valence-electron chi connectivity index (χ0n) is 13.2. The Morgan fingerprint density at radius 1 is 1.36 bits per heavy atom. The van der Waals surface area contributed by atoms with Gasteiger partial charge in [-0.15, -0.1) is 0 Å². The fraction of sp³-hybridized carbons (Fsp3) is 0.667. The van der Waals surface area contributed by atoms with E-state index in [2.05, 4.69) is 15.3 Å². The van der Waals surface area contributed by atoms with Gasteiger partial charge in [-0.05, 0) is 31.9 Å². The van der Waals surface area contributed by atoms with Crippen molar-refractivity contribution >= 4 is 11.8 Å². The molecule has 3 heterocycles. The van der Waals surface area contributed by atoms with Crippen molar-refractivity contribution in [1.82, 2.24) is 24.9 Å². The molecule has 0 aliphatic carbocycles. The number of amides is 2. The Hall–Kier alpha value is -1.89. The second kappa shape index (κ2) is 6.08. The van der Waals surface area contributed by atoms with Crippen molar-refractivity contribution < 1.29 is 9.59 Å². The summed E-state index contributed by atoms with van der Waals surface area (Å²) in [5.74, 6) is 0.0613. The topological polar surface area (TPSA) is 70.5 Å². The zero-order chi connectivity index (χ0) is 15.7. The quantitative estimate of drug-likeness (QED) is 0.860. The lowest BCUT2D eigenvalue weighted by molar-refractivity contribution is -0.131. The number of rotatable bonds is 3. The van der Waals surface area contributed by atoms with E-state index in [0.29, 0.717) is 5.69 Å². The molecule has 2 aliphatic rings. The highest BCUT2D eigenvalue weighted by atomic mass is 16.2. The summed E-state index contributed by atoms with van der Waals surface area (Å²) in [5.41, 5.74) is 0.441. The van der Waals surface area contributed by atoms with Crippen LogP contribution in [0, 0.1) is 0 Å². The molecule has 0 aromatic carbocycles. The summed E-state index contributed by atoms with van der Waals surface area (Å²) in [6.45, 7) is 2.62. The summed E-state index contributed by atoms with van der Waals surface area (Å²) in [4.78, 5) is 27.9. The van der Waals surface area contributed by atoms with Gasteiger partial charge in [0.2, 0.25) is 5.91 Å². The van der Waals surface area contributed by atoms with Crippen LogP contribution in [0.4, 0.5) is 0 Å². The van der Waals surface area contributed by atoms with Gasteiger partial charge < -0.3 is 10.2 Å². The lowest BCUT2D eigenvalue weighted by Gasteiger charge is -2.35. The number of hydrogen-bond acceptors (Lipinski definition) is 4. The second-order valence-electron chi connectivity index (χ2n) is 6.12. The van der Waals surface area contributed by atoms with Crippen molar-refractivity contribution in [3.8, 4) is 0 Å². The van der Waals surface area contributed by atoms with Gasteiger partial charge in [-0.2, -0.15) is 5.10 Å². The molecule has 1 N–H and O–H groups in total. The molecule has 7 heteroatoms. The zero-order valence-corrected chi connectivity index (χ0v) is 13.2. The van der Waals surface area contributed by atoms with E-state index >= 15 is 0 Å². The van der Waals surface area contributed by atoms with Crippen LogP contribution in [0.15, 0.2) is 12.3 Å². The van der Waals surface area contributed by atoms with Gasteiger partial charge in [0.25, 0.3) is 5.91 Å². The highest BCUT2D eigenvalue weighted by molar-refractivity contribution is 5.91. The summed E-state index contributed by atoms with van der Waals surface area (Å²) in [5, 5.41) is 6.97. The Kier molecular flexibility index (Phi) is 4.15. The van der Waals surface area contributed by atoms with Gasteiger partial charge in [-0.1, -0.05) is 0 Å². The Labute approximate surface area is 130 Å². The largest absolute Gasteiger partial charge is 0.354 e. The molecule has 0 unspecified atom stereocenters. The van der Waals surface area contributed by atoms with E-state index in [9.17, 15) is 9.59 Å². The lowest BCUT2D eigenvalue weighted by Crippen LogP contribution is -2.46. The summed E-state index contributed by atoms with van der Waals surface area (Å²) < 4.78 is 1.87. The number of carbonyl (C=O) groups is 2.